The van der Waals surface area contributed by atoms with Crippen LogP contribution in [0.4, 0.5) is 0 Å². The molecule has 0 amide bonds. The Morgan fingerprint density at radius 2 is 1.02 bits per heavy atom. The highest BCUT2D eigenvalue weighted by molar-refractivity contribution is 7.25. The molecule has 7 aromatic carbocycles. The predicted molar refractivity (Wildman–Crippen MR) is 209 cm³/mol. The Hall–Kier alpha value is -6.30. The molecule has 0 saturated heterocycles. The zero-order chi connectivity index (χ0) is 33.0. The third-order valence-corrected chi connectivity index (χ3v) is 10.7. The highest BCUT2D eigenvalue weighted by Crippen LogP contribution is 2.37. The summed E-state index contributed by atoms with van der Waals surface area (Å²) in [6.45, 7) is 0. The van der Waals surface area contributed by atoms with Gasteiger partial charge in [0, 0.05) is 42.1 Å². The lowest BCUT2D eigenvalue weighted by atomic mass is 10.0. The van der Waals surface area contributed by atoms with E-state index in [2.05, 4.69) is 157 Å². The summed E-state index contributed by atoms with van der Waals surface area (Å²) in [5.41, 5.74) is 9.40. The number of hydrogen-bond donors (Lipinski definition) is 1. The van der Waals surface area contributed by atoms with Crippen LogP contribution < -0.4 is 5.32 Å². The van der Waals surface area contributed by atoms with Gasteiger partial charge in [0.2, 0.25) is 0 Å². The number of nitrogens with one attached hydrogen (secondary N) is 1. The lowest BCUT2D eigenvalue weighted by Crippen LogP contribution is -2.36. The Morgan fingerprint density at radius 3 is 1.82 bits per heavy atom. The molecule has 0 radical (unpaired) electrons. The normalized spacial score (nSPS) is 14.6. The van der Waals surface area contributed by atoms with Crippen LogP contribution in [0.15, 0.2) is 178 Å². The second-order valence-electron chi connectivity index (χ2n) is 12.6. The van der Waals surface area contributed by atoms with Crippen LogP contribution in [0.25, 0.3) is 64.4 Å². The van der Waals surface area contributed by atoms with Gasteiger partial charge in [-0.15, -0.1) is 11.3 Å². The number of hydrogen-bond acceptors (Lipinski definition) is 5. The number of aliphatic imine (C=N–C) groups is 2. The van der Waals surface area contributed by atoms with Crippen molar-refractivity contribution in [3.8, 4) is 22.3 Å². The molecule has 9 aromatic rings. The number of fused-ring (bicyclic) bond motifs is 6. The number of thiophene rings is 1. The summed E-state index contributed by atoms with van der Waals surface area (Å²) in [7, 11) is 0. The van der Waals surface area contributed by atoms with Crippen LogP contribution in [0.1, 0.15) is 22.9 Å². The van der Waals surface area contributed by atoms with E-state index in [4.69, 9.17) is 14.4 Å². The standard InChI is InChI=1S/C45H29N3OS/c1-3-9-28(10-4-1)30-15-17-31(18-16-30)43-46-44(48-45(47-43)34-20-23-37-36-13-7-8-14-41(36)50-42(37)27-34)33-19-22-35-38-25-32(29-11-5-2-6-12-29)21-24-39(38)49-40(35)26-33/h1-27,45H,(H,46,47,48). The number of rotatable bonds is 5. The van der Waals surface area contributed by atoms with Crippen LogP contribution in [0.3, 0.4) is 0 Å². The Balaban J connectivity index is 1.06. The van der Waals surface area contributed by atoms with Crippen molar-refractivity contribution in [2.75, 3.05) is 0 Å². The van der Waals surface area contributed by atoms with E-state index in [-0.39, 0.29) is 0 Å². The average Bonchev–Trinajstić information content (AvgIpc) is 3.75. The molecule has 0 saturated carbocycles. The van der Waals surface area contributed by atoms with Gasteiger partial charge < -0.3 is 9.73 Å². The van der Waals surface area contributed by atoms with E-state index in [9.17, 15) is 0 Å². The second kappa shape index (κ2) is 11.7. The van der Waals surface area contributed by atoms with Crippen molar-refractivity contribution in [3.05, 3.63) is 180 Å². The zero-order valence-corrected chi connectivity index (χ0v) is 27.7. The molecule has 3 heterocycles. The maximum Gasteiger partial charge on any atom is 0.169 e. The molecule has 50 heavy (non-hydrogen) atoms. The third kappa shape index (κ3) is 4.99. The smallest absolute Gasteiger partial charge is 0.169 e. The SMILES string of the molecule is c1ccc(-c2ccc(C3=NC(c4ccc5c(c4)sc4ccccc45)N=C(c4ccc5c(c4)oc4ccc(-c6ccccc6)cc45)N3)cc2)cc1. The minimum atomic E-state index is -0.413. The lowest BCUT2D eigenvalue weighted by molar-refractivity contribution is 0.669. The number of furan rings is 1. The Kier molecular flexibility index (Phi) is 6.71. The van der Waals surface area contributed by atoms with Gasteiger partial charge in [-0.1, -0.05) is 127 Å². The molecule has 0 fully saturated rings. The van der Waals surface area contributed by atoms with Crippen molar-refractivity contribution < 1.29 is 4.42 Å². The van der Waals surface area contributed by atoms with E-state index < -0.39 is 6.17 Å². The zero-order valence-electron chi connectivity index (χ0n) is 26.9. The summed E-state index contributed by atoms with van der Waals surface area (Å²) in [5.74, 6) is 1.55. The molecule has 1 N–H and O–H groups in total. The van der Waals surface area contributed by atoms with Gasteiger partial charge in [0.25, 0.3) is 0 Å². The molecule has 1 aliphatic rings. The molecule has 10 rings (SSSR count). The maximum absolute atomic E-state index is 6.42. The van der Waals surface area contributed by atoms with Crippen molar-refractivity contribution in [2.45, 2.75) is 6.17 Å². The van der Waals surface area contributed by atoms with Crippen LogP contribution in [0, 0.1) is 0 Å². The van der Waals surface area contributed by atoms with Gasteiger partial charge in [0.1, 0.15) is 22.8 Å². The van der Waals surface area contributed by atoms with Crippen LogP contribution in [-0.4, -0.2) is 11.7 Å². The van der Waals surface area contributed by atoms with E-state index in [1.807, 2.05) is 23.5 Å². The summed E-state index contributed by atoms with van der Waals surface area (Å²) in [4.78, 5) is 10.4. The molecule has 0 aliphatic carbocycles. The molecular weight excluding hydrogens is 631 g/mol. The fraction of sp³-hybridized carbons (Fsp3) is 0.0222. The summed E-state index contributed by atoms with van der Waals surface area (Å²) in [6.07, 6.45) is -0.413. The largest absolute Gasteiger partial charge is 0.456 e. The summed E-state index contributed by atoms with van der Waals surface area (Å²) >= 11 is 1.81. The minimum Gasteiger partial charge on any atom is -0.456 e. The number of nitrogens with zero attached hydrogens (tertiary/aromatic N) is 2. The van der Waals surface area contributed by atoms with Crippen LogP contribution >= 0.6 is 11.3 Å². The average molecular weight is 660 g/mol. The molecule has 236 valence electrons. The van der Waals surface area contributed by atoms with Gasteiger partial charge in [-0.2, -0.15) is 0 Å². The molecule has 4 nitrogen and oxygen atoms in total. The fourth-order valence-electron chi connectivity index (χ4n) is 6.98. The van der Waals surface area contributed by atoms with Gasteiger partial charge in [-0.25, -0.2) is 9.98 Å². The van der Waals surface area contributed by atoms with Crippen molar-refractivity contribution >= 4 is 65.1 Å². The van der Waals surface area contributed by atoms with Crippen LogP contribution in [0.2, 0.25) is 0 Å². The molecule has 0 spiro atoms. The first-order valence-corrected chi connectivity index (χ1v) is 17.6. The lowest BCUT2D eigenvalue weighted by Gasteiger charge is -2.22. The van der Waals surface area contributed by atoms with E-state index in [0.29, 0.717) is 0 Å². The van der Waals surface area contributed by atoms with Crippen molar-refractivity contribution in [2.24, 2.45) is 9.98 Å². The molecule has 2 aromatic heterocycles. The van der Waals surface area contributed by atoms with Crippen molar-refractivity contribution in [1.82, 2.24) is 5.32 Å². The van der Waals surface area contributed by atoms with E-state index in [1.165, 1.54) is 36.9 Å². The quantitative estimate of drug-likeness (QED) is 0.200. The second-order valence-corrected chi connectivity index (χ2v) is 13.7. The number of benzene rings is 7. The van der Waals surface area contributed by atoms with Crippen LogP contribution in [-0.2, 0) is 0 Å². The Bertz CT molecular complexity index is 2780. The van der Waals surface area contributed by atoms with Crippen molar-refractivity contribution in [3.63, 3.8) is 0 Å². The first kappa shape index (κ1) is 28.7. The van der Waals surface area contributed by atoms with Gasteiger partial charge in [0.15, 0.2) is 6.17 Å². The predicted octanol–water partition coefficient (Wildman–Crippen LogP) is 11.8. The molecule has 1 aliphatic heterocycles. The summed E-state index contributed by atoms with van der Waals surface area (Å²) < 4.78 is 8.94. The topological polar surface area (TPSA) is 49.9 Å². The van der Waals surface area contributed by atoms with Gasteiger partial charge >= 0.3 is 0 Å². The molecular formula is C45H29N3OS. The first-order chi connectivity index (χ1) is 24.7. The number of amidine groups is 2. The van der Waals surface area contributed by atoms with Gasteiger partial charge in [0.05, 0.1) is 0 Å². The minimum absolute atomic E-state index is 0.413. The Morgan fingerprint density at radius 1 is 0.420 bits per heavy atom. The van der Waals surface area contributed by atoms with E-state index in [1.54, 1.807) is 0 Å². The highest BCUT2D eigenvalue weighted by Gasteiger charge is 2.22. The third-order valence-electron chi connectivity index (χ3n) is 9.56. The van der Waals surface area contributed by atoms with E-state index in [0.717, 1.165) is 55.9 Å². The van der Waals surface area contributed by atoms with Crippen molar-refractivity contribution in [1.29, 1.82) is 0 Å². The molecule has 1 unspecified atom stereocenters. The van der Waals surface area contributed by atoms with Gasteiger partial charge in [-0.05, 0) is 64.2 Å². The van der Waals surface area contributed by atoms with E-state index >= 15 is 0 Å². The van der Waals surface area contributed by atoms with Gasteiger partial charge in [-0.3, -0.25) is 0 Å². The highest BCUT2D eigenvalue weighted by atomic mass is 32.1. The Labute approximate surface area is 292 Å². The summed E-state index contributed by atoms with van der Waals surface area (Å²) in [6, 6.07) is 57.5. The summed E-state index contributed by atoms with van der Waals surface area (Å²) in [5, 5.41) is 8.32. The maximum atomic E-state index is 6.42. The molecule has 5 heteroatoms. The van der Waals surface area contributed by atoms with Crippen LogP contribution in [0.5, 0.6) is 0 Å². The fourth-order valence-corrected chi connectivity index (χ4v) is 8.14. The molecule has 1 atom stereocenters. The first-order valence-electron chi connectivity index (χ1n) is 16.8. The molecule has 0 bridgehead atoms. The monoisotopic (exact) mass is 659 g/mol.